The Labute approximate surface area is 116 Å². The maximum absolute atomic E-state index is 5.52. The van der Waals surface area contributed by atoms with Gasteiger partial charge in [-0.2, -0.15) is 0 Å². The van der Waals surface area contributed by atoms with E-state index < -0.39 is 0 Å². The molecule has 0 radical (unpaired) electrons. The van der Waals surface area contributed by atoms with Crippen molar-refractivity contribution in [3.63, 3.8) is 0 Å². The summed E-state index contributed by atoms with van der Waals surface area (Å²) in [6, 6.07) is 9.11. The van der Waals surface area contributed by atoms with Crippen molar-refractivity contribution >= 4 is 0 Å². The zero-order chi connectivity index (χ0) is 13.7. The van der Waals surface area contributed by atoms with Crippen LogP contribution in [0.5, 0.6) is 5.75 Å². The second-order valence-electron chi connectivity index (χ2n) is 5.31. The van der Waals surface area contributed by atoms with E-state index in [1.54, 1.807) is 7.11 Å². The highest BCUT2D eigenvalue weighted by Gasteiger charge is 2.29. The Morgan fingerprint density at radius 2 is 1.95 bits per heavy atom. The minimum Gasteiger partial charge on any atom is -0.497 e. The van der Waals surface area contributed by atoms with Gasteiger partial charge in [-0.1, -0.05) is 12.1 Å². The molecule has 2 rings (SSSR count). The maximum Gasteiger partial charge on any atom is 0.118 e. The van der Waals surface area contributed by atoms with Crippen molar-refractivity contribution in [2.45, 2.75) is 44.8 Å². The molecule has 1 aromatic rings. The molecule has 0 heterocycles. The van der Waals surface area contributed by atoms with Gasteiger partial charge in [-0.3, -0.25) is 0 Å². The second kappa shape index (κ2) is 6.92. The normalized spacial score (nSPS) is 23.7. The number of hydrogen-bond donors (Lipinski definition) is 1. The SMILES string of the molecule is CCOC(C)CNC1CC(c2ccc(OC)cc2)C1. The van der Waals surface area contributed by atoms with Gasteiger partial charge >= 0.3 is 0 Å². The van der Waals surface area contributed by atoms with E-state index in [2.05, 4.69) is 24.4 Å². The van der Waals surface area contributed by atoms with Gasteiger partial charge in [0.2, 0.25) is 0 Å². The average Bonchev–Trinajstić information content (AvgIpc) is 2.38. The quantitative estimate of drug-likeness (QED) is 0.820. The summed E-state index contributed by atoms with van der Waals surface area (Å²) in [5, 5.41) is 3.58. The van der Waals surface area contributed by atoms with Crippen LogP contribution in [0.2, 0.25) is 0 Å². The van der Waals surface area contributed by atoms with Gasteiger partial charge in [0.05, 0.1) is 13.2 Å². The lowest BCUT2D eigenvalue weighted by Gasteiger charge is -2.37. The van der Waals surface area contributed by atoms with Gasteiger partial charge < -0.3 is 14.8 Å². The molecule has 1 aliphatic carbocycles. The van der Waals surface area contributed by atoms with Crippen molar-refractivity contribution < 1.29 is 9.47 Å². The minimum absolute atomic E-state index is 0.310. The van der Waals surface area contributed by atoms with E-state index >= 15 is 0 Å². The number of rotatable bonds is 7. The number of benzene rings is 1. The number of ether oxygens (including phenoxy) is 2. The van der Waals surface area contributed by atoms with E-state index in [-0.39, 0.29) is 0 Å². The maximum atomic E-state index is 5.52. The van der Waals surface area contributed by atoms with Crippen LogP contribution in [0.3, 0.4) is 0 Å². The monoisotopic (exact) mass is 263 g/mol. The first-order chi connectivity index (χ1) is 9.22. The van der Waals surface area contributed by atoms with Gasteiger partial charge in [-0.25, -0.2) is 0 Å². The van der Waals surface area contributed by atoms with Crippen molar-refractivity contribution in [2.75, 3.05) is 20.3 Å². The molecule has 1 N–H and O–H groups in total. The van der Waals surface area contributed by atoms with Crippen molar-refractivity contribution in [1.29, 1.82) is 0 Å². The van der Waals surface area contributed by atoms with Gasteiger partial charge in [-0.15, -0.1) is 0 Å². The van der Waals surface area contributed by atoms with Crippen LogP contribution in [0.1, 0.15) is 38.2 Å². The third kappa shape index (κ3) is 3.95. The van der Waals surface area contributed by atoms with Crippen LogP contribution in [-0.2, 0) is 4.74 Å². The van der Waals surface area contributed by atoms with Crippen LogP contribution in [-0.4, -0.2) is 32.4 Å². The summed E-state index contributed by atoms with van der Waals surface area (Å²) in [7, 11) is 1.71. The van der Waals surface area contributed by atoms with Crippen LogP contribution in [0.25, 0.3) is 0 Å². The van der Waals surface area contributed by atoms with E-state index in [4.69, 9.17) is 9.47 Å². The fourth-order valence-electron chi connectivity index (χ4n) is 2.61. The zero-order valence-electron chi connectivity index (χ0n) is 12.2. The van der Waals surface area contributed by atoms with Crippen LogP contribution < -0.4 is 10.1 Å². The lowest BCUT2D eigenvalue weighted by molar-refractivity contribution is 0.0702. The molecule has 19 heavy (non-hydrogen) atoms. The van der Waals surface area contributed by atoms with Crippen LogP contribution in [0.4, 0.5) is 0 Å². The molecule has 1 unspecified atom stereocenters. The summed E-state index contributed by atoms with van der Waals surface area (Å²) in [4.78, 5) is 0. The van der Waals surface area contributed by atoms with Crippen LogP contribution >= 0.6 is 0 Å². The topological polar surface area (TPSA) is 30.5 Å². The van der Waals surface area contributed by atoms with E-state index in [0.717, 1.165) is 18.9 Å². The average molecular weight is 263 g/mol. The van der Waals surface area contributed by atoms with Crippen molar-refractivity contribution in [3.05, 3.63) is 29.8 Å². The van der Waals surface area contributed by atoms with Crippen molar-refractivity contribution in [1.82, 2.24) is 5.32 Å². The number of hydrogen-bond acceptors (Lipinski definition) is 3. The fraction of sp³-hybridized carbons (Fsp3) is 0.625. The predicted octanol–water partition coefficient (Wildman–Crippen LogP) is 2.96. The number of nitrogens with one attached hydrogen (secondary N) is 1. The second-order valence-corrected chi connectivity index (χ2v) is 5.31. The summed E-state index contributed by atoms with van der Waals surface area (Å²) < 4.78 is 10.7. The Morgan fingerprint density at radius 1 is 1.26 bits per heavy atom. The third-order valence-corrected chi connectivity index (χ3v) is 3.87. The first kappa shape index (κ1) is 14.4. The molecule has 0 aliphatic heterocycles. The molecule has 3 heteroatoms. The largest absolute Gasteiger partial charge is 0.497 e. The first-order valence-electron chi connectivity index (χ1n) is 7.21. The highest BCUT2D eigenvalue weighted by molar-refractivity contribution is 5.30. The molecule has 1 aromatic carbocycles. The summed E-state index contributed by atoms with van der Waals surface area (Å²) in [6.45, 7) is 5.91. The van der Waals surface area contributed by atoms with Gasteiger partial charge in [-0.05, 0) is 50.3 Å². The van der Waals surface area contributed by atoms with E-state index in [9.17, 15) is 0 Å². The number of methoxy groups -OCH3 is 1. The minimum atomic E-state index is 0.310. The van der Waals surface area contributed by atoms with Gasteiger partial charge in [0.25, 0.3) is 0 Å². The standard InChI is InChI=1S/C16H25NO2/c1-4-19-12(2)11-17-15-9-14(10-15)13-5-7-16(18-3)8-6-13/h5-8,12,14-15,17H,4,9-11H2,1-3H3. The Balaban J connectivity index is 1.70. The molecule has 0 aromatic heterocycles. The van der Waals surface area contributed by atoms with E-state index in [1.807, 2.05) is 19.1 Å². The molecule has 0 amide bonds. The highest BCUT2D eigenvalue weighted by Crippen LogP contribution is 2.37. The fourth-order valence-corrected chi connectivity index (χ4v) is 2.61. The molecular weight excluding hydrogens is 238 g/mol. The molecular formula is C16H25NO2. The molecule has 3 nitrogen and oxygen atoms in total. The molecule has 0 saturated heterocycles. The van der Waals surface area contributed by atoms with Gasteiger partial charge in [0.1, 0.15) is 5.75 Å². The van der Waals surface area contributed by atoms with Crippen molar-refractivity contribution in [3.8, 4) is 5.75 Å². The molecule has 1 atom stereocenters. The Kier molecular flexibility index (Phi) is 5.23. The molecule has 1 saturated carbocycles. The van der Waals surface area contributed by atoms with Crippen LogP contribution in [0, 0.1) is 0 Å². The summed E-state index contributed by atoms with van der Waals surface area (Å²) in [5.74, 6) is 1.63. The van der Waals surface area contributed by atoms with Crippen molar-refractivity contribution in [2.24, 2.45) is 0 Å². The highest BCUT2D eigenvalue weighted by atomic mass is 16.5. The van der Waals surface area contributed by atoms with Gasteiger partial charge in [0.15, 0.2) is 0 Å². The van der Waals surface area contributed by atoms with E-state index in [1.165, 1.54) is 18.4 Å². The summed E-state index contributed by atoms with van der Waals surface area (Å²) >= 11 is 0. The molecule has 0 spiro atoms. The summed E-state index contributed by atoms with van der Waals surface area (Å²) in [5.41, 5.74) is 1.43. The first-order valence-corrected chi connectivity index (χ1v) is 7.21. The van der Waals surface area contributed by atoms with Crippen LogP contribution in [0.15, 0.2) is 24.3 Å². The lowest BCUT2D eigenvalue weighted by atomic mass is 9.76. The molecule has 0 bridgehead atoms. The zero-order valence-corrected chi connectivity index (χ0v) is 12.2. The third-order valence-electron chi connectivity index (χ3n) is 3.87. The molecule has 1 fully saturated rings. The molecule has 106 valence electrons. The Morgan fingerprint density at radius 3 is 2.53 bits per heavy atom. The lowest BCUT2D eigenvalue weighted by Crippen LogP contribution is -2.43. The summed E-state index contributed by atoms with van der Waals surface area (Å²) in [6.07, 6.45) is 2.76. The predicted molar refractivity (Wildman–Crippen MR) is 77.8 cm³/mol. The smallest absolute Gasteiger partial charge is 0.118 e. The molecule has 1 aliphatic rings. The van der Waals surface area contributed by atoms with Gasteiger partial charge in [0, 0.05) is 19.2 Å². The Hall–Kier alpha value is -1.06. The Bertz CT molecular complexity index is 371. The van der Waals surface area contributed by atoms with E-state index in [0.29, 0.717) is 18.1 Å².